The van der Waals surface area contributed by atoms with Gasteiger partial charge < -0.3 is 15.0 Å². The summed E-state index contributed by atoms with van der Waals surface area (Å²) < 4.78 is 5.65. The number of hydrogen-bond acceptors (Lipinski definition) is 4. The van der Waals surface area contributed by atoms with E-state index in [1.807, 2.05) is 24.3 Å². The lowest BCUT2D eigenvalue weighted by Gasteiger charge is -2.32. The molecule has 2 aromatic carbocycles. The molecule has 1 aliphatic heterocycles. The molecule has 0 aliphatic carbocycles. The molecule has 0 spiro atoms. The number of nitrogens with one attached hydrogen (secondary N) is 1. The van der Waals surface area contributed by atoms with Crippen LogP contribution in [0.15, 0.2) is 42.5 Å². The number of anilines is 1. The monoisotopic (exact) mass is 421 g/mol. The number of carbonyl (C=O) groups is 1. The van der Waals surface area contributed by atoms with Crippen LogP contribution in [0.4, 0.5) is 5.69 Å². The van der Waals surface area contributed by atoms with E-state index >= 15 is 0 Å². The normalized spacial score (nSPS) is 16.6. The van der Waals surface area contributed by atoms with Crippen molar-refractivity contribution in [2.24, 2.45) is 0 Å². The molecule has 1 heterocycles. The van der Waals surface area contributed by atoms with Crippen molar-refractivity contribution in [3.05, 3.63) is 58.1 Å². The fourth-order valence-electron chi connectivity index (χ4n) is 3.02. The molecule has 3 rings (SSSR count). The molecule has 1 saturated heterocycles. The van der Waals surface area contributed by atoms with Crippen LogP contribution in [-0.4, -0.2) is 55.0 Å². The third kappa shape index (κ3) is 5.61. The van der Waals surface area contributed by atoms with E-state index in [9.17, 15) is 4.79 Å². The second-order valence-corrected chi connectivity index (χ2v) is 7.86. The van der Waals surface area contributed by atoms with Gasteiger partial charge in [0.1, 0.15) is 10.8 Å². The Labute approximate surface area is 176 Å². The van der Waals surface area contributed by atoms with Gasteiger partial charge in [-0.05, 0) is 43.8 Å². The number of piperazine rings is 1. The first-order valence-corrected chi connectivity index (χ1v) is 10.1. The topological polar surface area (TPSA) is 44.8 Å². The molecule has 5 nitrogen and oxygen atoms in total. The van der Waals surface area contributed by atoms with Crippen LogP contribution in [0.25, 0.3) is 0 Å². The number of ether oxygens (including phenoxy) is 1. The zero-order valence-corrected chi connectivity index (χ0v) is 17.6. The molecule has 28 heavy (non-hydrogen) atoms. The first-order valence-electron chi connectivity index (χ1n) is 9.34. The maximum Gasteiger partial charge on any atom is 0.265 e. The molecule has 1 aliphatic rings. The number of carbonyl (C=O) groups excluding carboxylic acids is 1. The van der Waals surface area contributed by atoms with Crippen LogP contribution in [0.5, 0.6) is 5.75 Å². The SMILES string of the molecule is CC(Oc1cccc(Cl)c1Cl)C(=O)Nc1ccc(CN2CCN(C)CC2)cc1. The van der Waals surface area contributed by atoms with Crippen molar-refractivity contribution in [3.8, 4) is 5.75 Å². The summed E-state index contributed by atoms with van der Waals surface area (Å²) in [4.78, 5) is 17.2. The van der Waals surface area contributed by atoms with Gasteiger partial charge in [-0.15, -0.1) is 0 Å². The minimum absolute atomic E-state index is 0.247. The summed E-state index contributed by atoms with van der Waals surface area (Å²) in [6, 6.07) is 13.0. The zero-order chi connectivity index (χ0) is 20.1. The highest BCUT2D eigenvalue weighted by Crippen LogP contribution is 2.32. The molecule has 0 bridgehead atoms. The lowest BCUT2D eigenvalue weighted by atomic mass is 10.1. The molecule has 7 heteroatoms. The number of nitrogens with zero attached hydrogens (tertiary/aromatic N) is 2. The second kappa shape index (κ2) is 9.61. The molecule has 1 fully saturated rings. The van der Waals surface area contributed by atoms with Gasteiger partial charge in [0.05, 0.1) is 5.02 Å². The molecule has 1 atom stereocenters. The fourth-order valence-corrected chi connectivity index (χ4v) is 3.36. The Morgan fingerprint density at radius 3 is 2.46 bits per heavy atom. The molecule has 0 radical (unpaired) electrons. The number of likely N-dealkylation sites (N-methyl/N-ethyl adjacent to an activating group) is 1. The molecule has 1 amide bonds. The summed E-state index contributed by atoms with van der Waals surface area (Å²) in [6.07, 6.45) is -0.707. The van der Waals surface area contributed by atoms with Crippen LogP contribution in [0.2, 0.25) is 10.0 Å². The lowest BCUT2D eigenvalue weighted by molar-refractivity contribution is -0.122. The van der Waals surface area contributed by atoms with Gasteiger partial charge in [-0.25, -0.2) is 0 Å². The summed E-state index contributed by atoms with van der Waals surface area (Å²) in [5, 5.41) is 3.57. The maximum absolute atomic E-state index is 12.4. The Morgan fingerprint density at radius 1 is 1.11 bits per heavy atom. The van der Waals surface area contributed by atoms with Crippen LogP contribution in [0, 0.1) is 0 Å². The molecular weight excluding hydrogens is 397 g/mol. The molecule has 0 aromatic heterocycles. The summed E-state index contributed by atoms with van der Waals surface area (Å²) in [5.41, 5.74) is 1.97. The molecule has 150 valence electrons. The van der Waals surface area contributed by atoms with Crippen molar-refractivity contribution >= 4 is 34.8 Å². The van der Waals surface area contributed by atoms with Gasteiger partial charge >= 0.3 is 0 Å². The highest BCUT2D eigenvalue weighted by molar-refractivity contribution is 6.42. The largest absolute Gasteiger partial charge is 0.479 e. The van der Waals surface area contributed by atoms with Crippen LogP contribution in [-0.2, 0) is 11.3 Å². The van der Waals surface area contributed by atoms with Crippen molar-refractivity contribution in [2.45, 2.75) is 19.6 Å². The van der Waals surface area contributed by atoms with E-state index < -0.39 is 6.10 Å². The van der Waals surface area contributed by atoms with Crippen molar-refractivity contribution < 1.29 is 9.53 Å². The zero-order valence-electron chi connectivity index (χ0n) is 16.1. The van der Waals surface area contributed by atoms with Gasteiger partial charge in [-0.3, -0.25) is 9.69 Å². The van der Waals surface area contributed by atoms with Gasteiger partial charge in [-0.1, -0.05) is 41.4 Å². The predicted octanol–water partition coefficient (Wildman–Crippen LogP) is 4.15. The smallest absolute Gasteiger partial charge is 0.265 e. The minimum atomic E-state index is -0.707. The van der Waals surface area contributed by atoms with Gasteiger partial charge in [0.2, 0.25) is 0 Å². The minimum Gasteiger partial charge on any atom is -0.479 e. The average Bonchev–Trinajstić information content (AvgIpc) is 2.68. The molecular formula is C21H25Cl2N3O2. The Bertz CT molecular complexity index is 806. The maximum atomic E-state index is 12.4. The van der Waals surface area contributed by atoms with Crippen LogP contribution >= 0.6 is 23.2 Å². The summed E-state index contributed by atoms with van der Waals surface area (Å²) >= 11 is 12.1. The number of amides is 1. The standard InChI is InChI=1S/C21H25Cl2N3O2/c1-15(28-19-5-3-4-18(22)20(19)23)21(27)24-17-8-6-16(7-9-17)14-26-12-10-25(2)11-13-26/h3-9,15H,10-14H2,1-2H3,(H,24,27). The first-order chi connectivity index (χ1) is 13.4. The van der Waals surface area contributed by atoms with Crippen LogP contribution < -0.4 is 10.1 Å². The van der Waals surface area contributed by atoms with Crippen molar-refractivity contribution in [3.63, 3.8) is 0 Å². The van der Waals surface area contributed by atoms with Crippen molar-refractivity contribution in [2.75, 3.05) is 38.5 Å². The highest BCUT2D eigenvalue weighted by atomic mass is 35.5. The van der Waals surface area contributed by atoms with E-state index in [1.54, 1.807) is 25.1 Å². The molecule has 1 N–H and O–H groups in total. The Hall–Kier alpha value is -1.79. The number of rotatable bonds is 6. The molecule has 2 aromatic rings. The van der Waals surface area contributed by atoms with E-state index in [2.05, 4.69) is 22.2 Å². The quantitative estimate of drug-likeness (QED) is 0.760. The van der Waals surface area contributed by atoms with Crippen molar-refractivity contribution in [1.29, 1.82) is 0 Å². The number of halogens is 2. The fraction of sp³-hybridized carbons (Fsp3) is 0.381. The van der Waals surface area contributed by atoms with Crippen LogP contribution in [0.3, 0.4) is 0 Å². The molecule has 1 unspecified atom stereocenters. The second-order valence-electron chi connectivity index (χ2n) is 7.08. The van der Waals surface area contributed by atoms with Gasteiger partial charge in [-0.2, -0.15) is 0 Å². The summed E-state index contributed by atoms with van der Waals surface area (Å²) in [7, 11) is 2.15. The van der Waals surface area contributed by atoms with Crippen LogP contribution in [0.1, 0.15) is 12.5 Å². The van der Waals surface area contributed by atoms with Gasteiger partial charge in [0.15, 0.2) is 6.10 Å². The third-order valence-corrected chi connectivity index (χ3v) is 5.61. The van der Waals surface area contributed by atoms with E-state index in [1.165, 1.54) is 5.56 Å². The Balaban J connectivity index is 1.53. The Morgan fingerprint density at radius 2 is 1.79 bits per heavy atom. The highest BCUT2D eigenvalue weighted by Gasteiger charge is 2.18. The predicted molar refractivity (Wildman–Crippen MR) is 114 cm³/mol. The van der Waals surface area contributed by atoms with Gasteiger partial charge in [0.25, 0.3) is 5.91 Å². The number of hydrogen-bond donors (Lipinski definition) is 1. The number of benzene rings is 2. The lowest BCUT2D eigenvalue weighted by Crippen LogP contribution is -2.43. The van der Waals surface area contributed by atoms with E-state index in [-0.39, 0.29) is 5.91 Å². The van der Waals surface area contributed by atoms with Gasteiger partial charge in [0, 0.05) is 38.4 Å². The third-order valence-electron chi connectivity index (χ3n) is 4.81. The van der Waals surface area contributed by atoms with E-state index in [0.717, 1.165) is 38.4 Å². The van der Waals surface area contributed by atoms with E-state index in [4.69, 9.17) is 27.9 Å². The van der Waals surface area contributed by atoms with E-state index in [0.29, 0.717) is 15.8 Å². The average molecular weight is 422 g/mol. The summed E-state index contributed by atoms with van der Waals surface area (Å²) in [6.45, 7) is 6.96. The first kappa shape index (κ1) is 20.9. The molecule has 0 saturated carbocycles. The van der Waals surface area contributed by atoms with Crippen molar-refractivity contribution in [1.82, 2.24) is 9.80 Å². The Kier molecular flexibility index (Phi) is 7.18. The summed E-state index contributed by atoms with van der Waals surface area (Å²) in [5.74, 6) is 0.141.